The molecule has 0 saturated heterocycles. The van der Waals surface area contributed by atoms with Crippen molar-refractivity contribution in [3.8, 4) is 0 Å². The van der Waals surface area contributed by atoms with Gasteiger partial charge >= 0.3 is 5.97 Å². The number of hydrogen-bond donors (Lipinski definition) is 2. The number of aryl methyl sites for hydroxylation is 1. The van der Waals surface area contributed by atoms with Crippen LogP contribution in [0.4, 0.5) is 5.69 Å². The van der Waals surface area contributed by atoms with Crippen molar-refractivity contribution in [1.82, 2.24) is 9.55 Å². The van der Waals surface area contributed by atoms with Gasteiger partial charge in [-0.15, -0.1) is 0 Å². The summed E-state index contributed by atoms with van der Waals surface area (Å²) in [5.41, 5.74) is 5.53. The van der Waals surface area contributed by atoms with E-state index in [-0.39, 0.29) is 23.1 Å². The summed E-state index contributed by atoms with van der Waals surface area (Å²) in [5.74, 6) is -0.154. The minimum atomic E-state index is -0.993. The van der Waals surface area contributed by atoms with Gasteiger partial charge in [-0.3, -0.25) is 9.36 Å². The smallest absolute Gasteiger partial charge is 0.337 e. The number of carbonyl (C=O) groups is 1. The second-order valence-corrected chi connectivity index (χ2v) is 9.16. The summed E-state index contributed by atoms with van der Waals surface area (Å²) in [6.45, 7) is 9.88. The van der Waals surface area contributed by atoms with Crippen molar-refractivity contribution in [3.05, 3.63) is 105 Å². The summed E-state index contributed by atoms with van der Waals surface area (Å²) < 4.78 is 1.67. The van der Waals surface area contributed by atoms with Crippen molar-refractivity contribution in [2.75, 3.05) is 5.32 Å². The number of fused-ring (bicyclic) bond motifs is 1. The molecule has 6 nitrogen and oxygen atoms in total. The summed E-state index contributed by atoms with van der Waals surface area (Å²) in [4.78, 5) is 30.2. The minimum Gasteiger partial charge on any atom is -0.478 e. The van der Waals surface area contributed by atoms with Crippen LogP contribution >= 0.6 is 0 Å². The lowest BCUT2D eigenvalue weighted by Crippen LogP contribution is -2.25. The summed E-state index contributed by atoms with van der Waals surface area (Å²) >= 11 is 0. The Morgan fingerprint density at radius 3 is 2.66 bits per heavy atom. The predicted molar refractivity (Wildman–Crippen MR) is 141 cm³/mol. The highest BCUT2D eigenvalue weighted by Gasteiger charge is 2.27. The second kappa shape index (κ2) is 9.74. The Kier molecular flexibility index (Phi) is 6.74. The van der Waals surface area contributed by atoms with Gasteiger partial charge in [0.05, 0.1) is 22.5 Å². The Labute approximate surface area is 205 Å². The standard InChI is InChI=1S/C29H31N3O3/c1-6-10-20-16-21(15-19(20)7-2)27-31-26-23(13-17(3)14-24(26)28(33)32(27)5)18(4)30-25-12-9-8-11-22(25)29(34)35/h6-14,18,21,30H,2,15-16H2,1,3-5H3,(H,34,35)/b10-6-. The van der Waals surface area contributed by atoms with Gasteiger partial charge in [0.2, 0.25) is 0 Å². The van der Waals surface area contributed by atoms with Gasteiger partial charge in [0.15, 0.2) is 0 Å². The van der Waals surface area contributed by atoms with Crippen LogP contribution < -0.4 is 10.9 Å². The van der Waals surface area contributed by atoms with E-state index in [1.165, 1.54) is 11.1 Å². The highest BCUT2D eigenvalue weighted by Crippen LogP contribution is 2.39. The Bertz CT molecular complexity index is 1450. The van der Waals surface area contributed by atoms with Crippen LogP contribution in [-0.2, 0) is 7.05 Å². The first-order valence-electron chi connectivity index (χ1n) is 11.8. The Morgan fingerprint density at radius 2 is 1.97 bits per heavy atom. The number of aromatic carboxylic acids is 1. The molecule has 2 N–H and O–H groups in total. The predicted octanol–water partition coefficient (Wildman–Crippen LogP) is 6.05. The van der Waals surface area contributed by atoms with Crippen molar-refractivity contribution in [2.45, 2.75) is 45.6 Å². The van der Waals surface area contributed by atoms with Gasteiger partial charge in [-0.25, -0.2) is 9.78 Å². The fraction of sp³-hybridized carbons (Fsp3) is 0.276. The maximum atomic E-state index is 13.5. The molecule has 1 heterocycles. The monoisotopic (exact) mass is 469 g/mol. The molecule has 0 amide bonds. The van der Waals surface area contributed by atoms with E-state index >= 15 is 0 Å². The molecule has 4 rings (SSSR count). The third kappa shape index (κ3) is 4.56. The molecule has 0 aliphatic heterocycles. The van der Waals surface area contributed by atoms with E-state index in [0.29, 0.717) is 16.6 Å². The largest absolute Gasteiger partial charge is 0.478 e. The quantitative estimate of drug-likeness (QED) is 0.440. The maximum absolute atomic E-state index is 13.5. The molecule has 0 spiro atoms. The number of rotatable bonds is 7. The topological polar surface area (TPSA) is 84.2 Å². The molecule has 3 aromatic rings. The number of nitrogens with zero attached hydrogens (tertiary/aromatic N) is 2. The van der Waals surface area contributed by atoms with E-state index in [4.69, 9.17) is 4.98 Å². The molecule has 0 bridgehead atoms. The van der Waals surface area contributed by atoms with Crippen LogP contribution in [0.2, 0.25) is 0 Å². The number of carboxylic acid groups (broad SMARTS) is 1. The molecule has 35 heavy (non-hydrogen) atoms. The number of benzene rings is 2. The molecule has 2 unspecified atom stereocenters. The van der Waals surface area contributed by atoms with Crippen molar-refractivity contribution in [1.29, 1.82) is 0 Å². The van der Waals surface area contributed by atoms with Crippen LogP contribution in [0.5, 0.6) is 0 Å². The molecule has 0 saturated carbocycles. The SMILES string of the molecule is C=CC1=C(/C=C\C)CC(c2nc3c(C(C)Nc4ccccc4C(=O)O)cc(C)cc3c(=O)n2C)C1. The van der Waals surface area contributed by atoms with Crippen LogP contribution in [0.25, 0.3) is 10.9 Å². The summed E-state index contributed by atoms with van der Waals surface area (Å²) in [6.07, 6.45) is 7.62. The first-order valence-corrected chi connectivity index (χ1v) is 11.8. The molecule has 2 atom stereocenters. The highest BCUT2D eigenvalue weighted by atomic mass is 16.4. The molecule has 2 aromatic carbocycles. The molecule has 1 aliphatic carbocycles. The molecule has 0 radical (unpaired) electrons. The third-order valence-corrected chi connectivity index (χ3v) is 6.71. The van der Waals surface area contributed by atoms with Crippen LogP contribution in [-0.4, -0.2) is 20.6 Å². The van der Waals surface area contributed by atoms with Gasteiger partial charge in [-0.2, -0.15) is 0 Å². The highest BCUT2D eigenvalue weighted by molar-refractivity contribution is 5.94. The fourth-order valence-electron chi connectivity index (χ4n) is 5.01. The minimum absolute atomic E-state index is 0.0762. The van der Waals surface area contributed by atoms with Gasteiger partial charge in [0, 0.05) is 24.2 Å². The van der Waals surface area contributed by atoms with Gasteiger partial charge in [-0.05, 0) is 68.5 Å². The summed E-state index contributed by atoms with van der Waals surface area (Å²) in [6, 6.07) is 10.5. The van der Waals surface area contributed by atoms with Gasteiger partial charge < -0.3 is 10.4 Å². The number of carboxylic acids is 1. The zero-order chi connectivity index (χ0) is 25.3. The van der Waals surface area contributed by atoms with E-state index in [2.05, 4.69) is 18.0 Å². The van der Waals surface area contributed by atoms with Crippen molar-refractivity contribution in [2.24, 2.45) is 7.05 Å². The van der Waals surface area contributed by atoms with E-state index < -0.39 is 5.97 Å². The average molecular weight is 470 g/mol. The maximum Gasteiger partial charge on any atom is 0.337 e. The molecule has 0 fully saturated rings. The molecule has 6 heteroatoms. The lowest BCUT2D eigenvalue weighted by Gasteiger charge is -2.21. The van der Waals surface area contributed by atoms with Gasteiger partial charge in [0.1, 0.15) is 5.82 Å². The molecule has 1 aliphatic rings. The van der Waals surface area contributed by atoms with Gasteiger partial charge in [0.25, 0.3) is 5.56 Å². The number of hydrogen-bond acceptors (Lipinski definition) is 4. The molecule has 1 aromatic heterocycles. The number of para-hydroxylation sites is 1. The van der Waals surface area contributed by atoms with E-state index in [9.17, 15) is 14.7 Å². The van der Waals surface area contributed by atoms with E-state index in [1.54, 1.807) is 35.9 Å². The Balaban J connectivity index is 1.81. The number of anilines is 1. The zero-order valence-electron chi connectivity index (χ0n) is 20.6. The Hall–Kier alpha value is -3.93. The van der Waals surface area contributed by atoms with E-state index in [0.717, 1.165) is 29.8 Å². The normalized spacial score (nSPS) is 16.7. The summed E-state index contributed by atoms with van der Waals surface area (Å²) in [5, 5.41) is 13.5. The van der Waals surface area contributed by atoms with Crippen molar-refractivity contribution < 1.29 is 9.90 Å². The molecule has 180 valence electrons. The van der Waals surface area contributed by atoms with Crippen molar-refractivity contribution in [3.63, 3.8) is 0 Å². The number of aromatic nitrogens is 2. The summed E-state index contributed by atoms with van der Waals surface area (Å²) in [7, 11) is 1.79. The molecular weight excluding hydrogens is 438 g/mol. The Morgan fingerprint density at radius 1 is 1.26 bits per heavy atom. The van der Waals surface area contributed by atoms with Crippen LogP contribution in [0.1, 0.15) is 66.0 Å². The first kappa shape index (κ1) is 24.2. The van der Waals surface area contributed by atoms with E-state index in [1.807, 2.05) is 45.1 Å². The van der Waals surface area contributed by atoms with Gasteiger partial charge in [-0.1, -0.05) is 43.0 Å². The zero-order valence-corrected chi connectivity index (χ0v) is 20.6. The van der Waals surface area contributed by atoms with Crippen molar-refractivity contribution >= 4 is 22.6 Å². The third-order valence-electron chi connectivity index (χ3n) is 6.71. The fourth-order valence-corrected chi connectivity index (χ4v) is 5.01. The van der Waals surface area contributed by atoms with Crippen LogP contribution in [0.15, 0.2) is 77.1 Å². The van der Waals surface area contributed by atoms with Crippen LogP contribution in [0.3, 0.4) is 0 Å². The van der Waals surface area contributed by atoms with Crippen LogP contribution in [0, 0.1) is 6.92 Å². The lowest BCUT2D eigenvalue weighted by molar-refractivity contribution is 0.0698. The lowest BCUT2D eigenvalue weighted by atomic mass is 9.99. The number of nitrogens with one attached hydrogen (secondary N) is 1. The molecular formula is C29H31N3O3. The average Bonchev–Trinajstić information content (AvgIpc) is 3.24. The first-order chi connectivity index (χ1) is 16.7. The number of allylic oxidation sites excluding steroid dienone is 5. The second-order valence-electron chi connectivity index (χ2n) is 9.16.